The van der Waals surface area contributed by atoms with E-state index in [1.165, 1.54) is 0 Å². The number of hydrogen-bond donors (Lipinski definition) is 0. The number of nitrogens with zero attached hydrogens (tertiary/aromatic N) is 5. The highest BCUT2D eigenvalue weighted by molar-refractivity contribution is 5.53. The van der Waals surface area contributed by atoms with E-state index in [4.69, 9.17) is 0 Å². The Morgan fingerprint density at radius 2 is 2.17 bits per heavy atom. The average molecular weight is 309 g/mol. The maximum atomic E-state index is 12.1. The third-order valence-electron chi connectivity index (χ3n) is 4.35. The number of anilines is 1. The zero-order valence-corrected chi connectivity index (χ0v) is 13.1. The monoisotopic (exact) mass is 309 g/mol. The van der Waals surface area contributed by atoms with Crippen molar-refractivity contribution in [1.29, 1.82) is 5.26 Å². The van der Waals surface area contributed by atoms with E-state index in [1.807, 2.05) is 0 Å². The molecule has 0 aliphatic carbocycles. The number of pyridine rings is 1. The van der Waals surface area contributed by atoms with Gasteiger partial charge in [-0.2, -0.15) is 5.26 Å². The number of rotatable bonds is 3. The maximum absolute atomic E-state index is 12.1. The van der Waals surface area contributed by atoms with E-state index in [-0.39, 0.29) is 5.56 Å². The molecule has 1 saturated heterocycles. The second kappa shape index (κ2) is 6.61. The molecule has 6 heteroatoms. The van der Waals surface area contributed by atoms with Gasteiger partial charge in [-0.15, -0.1) is 0 Å². The Hall–Kier alpha value is -2.68. The minimum atomic E-state index is 0.0407. The number of piperidine rings is 1. The number of aryl methyl sites for hydroxylation is 1. The molecule has 0 spiro atoms. The summed E-state index contributed by atoms with van der Waals surface area (Å²) in [5.41, 5.74) is 1.33. The molecule has 0 atom stereocenters. The quantitative estimate of drug-likeness (QED) is 0.863. The fraction of sp³-hybridized carbons (Fsp3) is 0.412. The fourth-order valence-electron chi connectivity index (χ4n) is 3.03. The van der Waals surface area contributed by atoms with Gasteiger partial charge in [0.1, 0.15) is 11.9 Å². The van der Waals surface area contributed by atoms with Crippen molar-refractivity contribution >= 4 is 5.82 Å². The van der Waals surface area contributed by atoms with E-state index in [2.05, 4.69) is 20.9 Å². The Bertz CT molecular complexity index is 784. The Labute approximate surface area is 135 Å². The van der Waals surface area contributed by atoms with E-state index in [1.54, 1.807) is 42.3 Å². The van der Waals surface area contributed by atoms with Crippen LogP contribution < -0.4 is 10.5 Å². The van der Waals surface area contributed by atoms with Crippen molar-refractivity contribution in [1.82, 2.24) is 14.5 Å². The van der Waals surface area contributed by atoms with Gasteiger partial charge >= 0.3 is 0 Å². The Balaban J connectivity index is 1.66. The van der Waals surface area contributed by atoms with Gasteiger partial charge in [0, 0.05) is 37.6 Å². The van der Waals surface area contributed by atoms with Gasteiger partial charge in [-0.1, -0.05) is 0 Å². The van der Waals surface area contributed by atoms with Crippen molar-refractivity contribution in [3.05, 3.63) is 52.3 Å². The van der Waals surface area contributed by atoms with Gasteiger partial charge < -0.3 is 4.90 Å². The van der Waals surface area contributed by atoms with Gasteiger partial charge in [-0.3, -0.25) is 9.36 Å². The van der Waals surface area contributed by atoms with Crippen LogP contribution in [0.3, 0.4) is 0 Å². The topological polar surface area (TPSA) is 74.8 Å². The highest BCUT2D eigenvalue weighted by atomic mass is 16.1. The summed E-state index contributed by atoms with van der Waals surface area (Å²) in [7, 11) is 0. The number of aromatic nitrogens is 3. The summed E-state index contributed by atoms with van der Waals surface area (Å²) in [6.07, 6.45) is 6.89. The van der Waals surface area contributed by atoms with Gasteiger partial charge in [0.05, 0.1) is 11.9 Å². The second-order valence-corrected chi connectivity index (χ2v) is 5.95. The first-order chi connectivity index (χ1) is 11.2. The van der Waals surface area contributed by atoms with Crippen LogP contribution in [0, 0.1) is 24.2 Å². The second-order valence-electron chi connectivity index (χ2n) is 5.95. The molecule has 23 heavy (non-hydrogen) atoms. The zero-order valence-electron chi connectivity index (χ0n) is 13.1. The van der Waals surface area contributed by atoms with E-state index in [0.717, 1.165) is 31.7 Å². The summed E-state index contributed by atoms with van der Waals surface area (Å²) >= 11 is 0. The lowest BCUT2D eigenvalue weighted by atomic mass is 9.96. The minimum absolute atomic E-state index is 0.0407. The average Bonchev–Trinajstić information content (AvgIpc) is 2.59. The molecule has 1 aliphatic rings. The summed E-state index contributed by atoms with van der Waals surface area (Å²) < 4.78 is 1.71. The molecule has 2 aromatic rings. The van der Waals surface area contributed by atoms with Gasteiger partial charge in [0.15, 0.2) is 0 Å². The molecule has 0 saturated carbocycles. The molecule has 3 rings (SSSR count). The molecule has 0 radical (unpaired) electrons. The largest absolute Gasteiger partial charge is 0.356 e. The number of nitriles is 1. The van der Waals surface area contributed by atoms with Gasteiger partial charge in [-0.25, -0.2) is 9.97 Å². The molecule has 1 aliphatic heterocycles. The molecule has 0 N–H and O–H groups in total. The van der Waals surface area contributed by atoms with E-state index >= 15 is 0 Å². The standard InChI is InChI=1S/C17H19N5O/c1-13-10-19-12-22(17(13)23)11-14-4-7-21(8-5-14)16-15(9-18)3-2-6-20-16/h2-3,6,10,12,14H,4-5,7-8,11H2,1H3. The predicted molar refractivity (Wildman–Crippen MR) is 87.1 cm³/mol. The highest BCUT2D eigenvalue weighted by Gasteiger charge is 2.22. The molecule has 6 nitrogen and oxygen atoms in total. The first-order valence-electron chi connectivity index (χ1n) is 7.80. The lowest BCUT2D eigenvalue weighted by Crippen LogP contribution is -2.37. The van der Waals surface area contributed by atoms with Crippen molar-refractivity contribution < 1.29 is 0 Å². The van der Waals surface area contributed by atoms with Crippen LogP contribution >= 0.6 is 0 Å². The first-order valence-corrected chi connectivity index (χ1v) is 7.80. The van der Waals surface area contributed by atoms with Crippen LogP contribution in [-0.2, 0) is 6.54 Å². The summed E-state index contributed by atoms with van der Waals surface area (Å²) in [5, 5.41) is 9.19. The molecular weight excluding hydrogens is 290 g/mol. The van der Waals surface area contributed by atoms with Gasteiger partial charge in [0.25, 0.3) is 5.56 Å². The van der Waals surface area contributed by atoms with Crippen LogP contribution in [0.25, 0.3) is 0 Å². The Kier molecular flexibility index (Phi) is 4.38. The van der Waals surface area contributed by atoms with Crippen LogP contribution in [0.15, 0.2) is 35.6 Å². The molecule has 118 valence electrons. The van der Waals surface area contributed by atoms with Crippen LogP contribution in [0.4, 0.5) is 5.82 Å². The normalized spacial score (nSPS) is 15.4. The van der Waals surface area contributed by atoms with E-state index in [0.29, 0.717) is 23.6 Å². The van der Waals surface area contributed by atoms with Crippen LogP contribution in [0.2, 0.25) is 0 Å². The molecule has 1 fully saturated rings. The van der Waals surface area contributed by atoms with Crippen LogP contribution in [0.1, 0.15) is 24.0 Å². The smallest absolute Gasteiger partial charge is 0.256 e. The van der Waals surface area contributed by atoms with Crippen molar-refractivity contribution in [3.63, 3.8) is 0 Å². The lowest BCUT2D eigenvalue weighted by Gasteiger charge is -2.33. The maximum Gasteiger partial charge on any atom is 0.256 e. The van der Waals surface area contributed by atoms with E-state index < -0.39 is 0 Å². The summed E-state index contributed by atoms with van der Waals surface area (Å²) in [6, 6.07) is 5.78. The number of hydrogen-bond acceptors (Lipinski definition) is 5. The third kappa shape index (κ3) is 3.24. The van der Waals surface area contributed by atoms with Gasteiger partial charge in [-0.05, 0) is 37.8 Å². The molecular formula is C17H19N5O. The zero-order chi connectivity index (χ0) is 16.2. The molecule has 3 heterocycles. The third-order valence-corrected chi connectivity index (χ3v) is 4.35. The summed E-state index contributed by atoms with van der Waals surface area (Å²) in [5.74, 6) is 1.21. The van der Waals surface area contributed by atoms with Crippen LogP contribution in [-0.4, -0.2) is 27.6 Å². The van der Waals surface area contributed by atoms with Crippen molar-refractivity contribution in [2.75, 3.05) is 18.0 Å². The SMILES string of the molecule is Cc1cncn(CC2CCN(c3ncccc3C#N)CC2)c1=O. The molecule has 0 aromatic carbocycles. The van der Waals surface area contributed by atoms with E-state index in [9.17, 15) is 10.1 Å². The Morgan fingerprint density at radius 3 is 2.91 bits per heavy atom. The predicted octanol–water partition coefficient (Wildman–Crippen LogP) is 1.73. The van der Waals surface area contributed by atoms with Gasteiger partial charge in [0.2, 0.25) is 0 Å². The van der Waals surface area contributed by atoms with Crippen molar-refractivity contribution in [2.45, 2.75) is 26.3 Å². The molecule has 0 bridgehead atoms. The first kappa shape index (κ1) is 15.2. The minimum Gasteiger partial charge on any atom is -0.356 e. The molecule has 0 unspecified atom stereocenters. The summed E-state index contributed by atoms with van der Waals surface area (Å²) in [4.78, 5) is 22.7. The lowest BCUT2D eigenvalue weighted by molar-refractivity contribution is 0.349. The Morgan fingerprint density at radius 1 is 1.39 bits per heavy atom. The summed E-state index contributed by atoms with van der Waals surface area (Å²) in [6.45, 7) is 4.20. The molecule has 0 amide bonds. The van der Waals surface area contributed by atoms with Crippen LogP contribution in [0.5, 0.6) is 0 Å². The van der Waals surface area contributed by atoms with Crippen molar-refractivity contribution in [2.24, 2.45) is 5.92 Å². The highest BCUT2D eigenvalue weighted by Crippen LogP contribution is 2.24. The molecule has 2 aromatic heterocycles. The fourth-order valence-corrected chi connectivity index (χ4v) is 3.03. The van der Waals surface area contributed by atoms with Crippen molar-refractivity contribution in [3.8, 4) is 6.07 Å².